The van der Waals surface area contributed by atoms with Gasteiger partial charge < -0.3 is 4.90 Å². The number of halogens is 1. The molecule has 1 aliphatic rings. The molecular weight excluding hydrogens is 237 g/mol. The average Bonchev–Trinajstić information content (AvgIpc) is 2.61. The minimum absolute atomic E-state index is 0.121. The Morgan fingerprint density at radius 2 is 2.18 bits per heavy atom. The number of hydrogen-bond donors (Lipinski definition) is 1. The SMILES string of the molecule is CC1(C)CCN(C(=O)c2cc(S)ccc2F)C1. The number of hydrogen-bond acceptors (Lipinski definition) is 2. The van der Waals surface area contributed by atoms with Gasteiger partial charge in [-0.25, -0.2) is 4.39 Å². The lowest BCUT2D eigenvalue weighted by atomic mass is 9.93. The van der Waals surface area contributed by atoms with Crippen molar-refractivity contribution >= 4 is 18.5 Å². The minimum atomic E-state index is -0.475. The lowest BCUT2D eigenvalue weighted by Crippen LogP contribution is -2.30. The van der Waals surface area contributed by atoms with E-state index in [1.54, 1.807) is 11.0 Å². The van der Waals surface area contributed by atoms with E-state index in [2.05, 4.69) is 26.5 Å². The van der Waals surface area contributed by atoms with Gasteiger partial charge in [0.1, 0.15) is 5.82 Å². The van der Waals surface area contributed by atoms with Crippen LogP contribution in [0.4, 0.5) is 4.39 Å². The first kappa shape index (κ1) is 12.4. The molecule has 2 rings (SSSR count). The van der Waals surface area contributed by atoms with E-state index < -0.39 is 5.82 Å². The highest BCUT2D eigenvalue weighted by molar-refractivity contribution is 7.80. The van der Waals surface area contributed by atoms with Crippen LogP contribution in [0, 0.1) is 11.2 Å². The molecule has 0 radical (unpaired) electrons. The molecular formula is C13H16FNOS. The molecule has 17 heavy (non-hydrogen) atoms. The van der Waals surface area contributed by atoms with Crippen molar-refractivity contribution in [3.63, 3.8) is 0 Å². The van der Waals surface area contributed by atoms with Gasteiger partial charge in [0.25, 0.3) is 5.91 Å². The number of thiol groups is 1. The first-order valence-electron chi connectivity index (χ1n) is 5.67. The third-order valence-corrected chi connectivity index (χ3v) is 3.42. The number of carbonyl (C=O) groups excluding carboxylic acids is 1. The summed E-state index contributed by atoms with van der Waals surface area (Å²) in [5, 5.41) is 0. The zero-order chi connectivity index (χ0) is 12.6. The van der Waals surface area contributed by atoms with Crippen LogP contribution in [-0.2, 0) is 0 Å². The van der Waals surface area contributed by atoms with E-state index in [9.17, 15) is 9.18 Å². The molecule has 1 amide bonds. The van der Waals surface area contributed by atoms with Crippen LogP contribution in [0.2, 0.25) is 0 Å². The van der Waals surface area contributed by atoms with Gasteiger partial charge in [0.05, 0.1) is 5.56 Å². The summed E-state index contributed by atoms with van der Waals surface area (Å²) in [6.07, 6.45) is 0.959. The van der Waals surface area contributed by atoms with E-state index in [4.69, 9.17) is 0 Å². The van der Waals surface area contributed by atoms with Gasteiger partial charge in [0.15, 0.2) is 0 Å². The van der Waals surface area contributed by atoms with Crippen LogP contribution in [0.5, 0.6) is 0 Å². The predicted molar refractivity (Wildman–Crippen MR) is 68.0 cm³/mol. The molecule has 0 unspecified atom stereocenters. The monoisotopic (exact) mass is 253 g/mol. The molecule has 0 aromatic heterocycles. The Bertz CT molecular complexity index is 459. The summed E-state index contributed by atoms with van der Waals surface area (Å²) in [7, 11) is 0. The van der Waals surface area contributed by atoms with Gasteiger partial charge in [0, 0.05) is 18.0 Å². The van der Waals surface area contributed by atoms with Crippen LogP contribution in [0.1, 0.15) is 30.6 Å². The summed E-state index contributed by atoms with van der Waals surface area (Å²) >= 11 is 4.14. The van der Waals surface area contributed by atoms with Crippen LogP contribution in [-0.4, -0.2) is 23.9 Å². The Balaban J connectivity index is 2.23. The van der Waals surface area contributed by atoms with E-state index in [0.717, 1.165) is 6.42 Å². The quantitative estimate of drug-likeness (QED) is 0.763. The number of nitrogens with zero attached hydrogens (tertiary/aromatic N) is 1. The summed E-state index contributed by atoms with van der Waals surface area (Å²) in [6, 6.07) is 4.33. The van der Waals surface area contributed by atoms with Crippen LogP contribution in [0.15, 0.2) is 23.1 Å². The highest BCUT2D eigenvalue weighted by Gasteiger charge is 2.33. The molecule has 0 N–H and O–H groups in total. The molecule has 92 valence electrons. The maximum Gasteiger partial charge on any atom is 0.256 e. The molecule has 2 nitrogen and oxygen atoms in total. The second-order valence-corrected chi connectivity index (χ2v) is 5.82. The fourth-order valence-corrected chi connectivity index (χ4v) is 2.34. The summed E-state index contributed by atoms with van der Waals surface area (Å²) < 4.78 is 13.6. The molecule has 0 aliphatic carbocycles. The van der Waals surface area contributed by atoms with E-state index in [0.29, 0.717) is 18.0 Å². The zero-order valence-electron chi connectivity index (χ0n) is 10.0. The Hall–Kier alpha value is -1.03. The molecule has 4 heteroatoms. The van der Waals surface area contributed by atoms with Crippen LogP contribution < -0.4 is 0 Å². The van der Waals surface area contributed by atoms with Crippen molar-refractivity contribution in [1.29, 1.82) is 0 Å². The normalized spacial score (nSPS) is 18.5. The molecule has 0 bridgehead atoms. The van der Waals surface area contributed by atoms with E-state index in [1.165, 1.54) is 12.1 Å². The van der Waals surface area contributed by atoms with Crippen molar-refractivity contribution in [3.8, 4) is 0 Å². The topological polar surface area (TPSA) is 20.3 Å². The van der Waals surface area contributed by atoms with Crippen molar-refractivity contribution < 1.29 is 9.18 Å². The van der Waals surface area contributed by atoms with Crippen molar-refractivity contribution in [2.45, 2.75) is 25.2 Å². The standard InChI is InChI=1S/C13H16FNOS/c1-13(2)5-6-15(8-13)12(16)10-7-9(17)3-4-11(10)14/h3-4,7,17H,5-6,8H2,1-2H3. The van der Waals surface area contributed by atoms with Crippen molar-refractivity contribution in [2.24, 2.45) is 5.41 Å². The second-order valence-electron chi connectivity index (χ2n) is 5.31. The number of rotatable bonds is 1. The summed E-state index contributed by atoms with van der Waals surface area (Å²) in [5.74, 6) is -0.707. The van der Waals surface area contributed by atoms with Crippen LogP contribution in [0.25, 0.3) is 0 Å². The Morgan fingerprint density at radius 3 is 2.76 bits per heavy atom. The Kier molecular flexibility index (Phi) is 3.17. The number of carbonyl (C=O) groups is 1. The number of benzene rings is 1. The number of likely N-dealkylation sites (tertiary alicyclic amines) is 1. The van der Waals surface area contributed by atoms with Gasteiger partial charge in [-0.05, 0) is 30.0 Å². The Morgan fingerprint density at radius 1 is 1.47 bits per heavy atom. The lowest BCUT2D eigenvalue weighted by molar-refractivity contribution is 0.0773. The van der Waals surface area contributed by atoms with E-state index in [1.807, 2.05) is 0 Å². The minimum Gasteiger partial charge on any atom is -0.338 e. The van der Waals surface area contributed by atoms with Gasteiger partial charge in [-0.3, -0.25) is 4.79 Å². The predicted octanol–water partition coefficient (Wildman–Crippen LogP) is 2.99. The van der Waals surface area contributed by atoms with E-state index >= 15 is 0 Å². The number of amides is 1. The summed E-state index contributed by atoms with van der Waals surface area (Å²) in [4.78, 5) is 14.5. The smallest absolute Gasteiger partial charge is 0.256 e. The molecule has 0 saturated carbocycles. The van der Waals surface area contributed by atoms with Gasteiger partial charge >= 0.3 is 0 Å². The summed E-state index contributed by atoms with van der Waals surface area (Å²) in [6.45, 7) is 5.61. The largest absolute Gasteiger partial charge is 0.338 e. The van der Waals surface area contributed by atoms with Crippen molar-refractivity contribution in [3.05, 3.63) is 29.6 Å². The van der Waals surface area contributed by atoms with Gasteiger partial charge in [0.2, 0.25) is 0 Å². The molecule has 1 saturated heterocycles. The summed E-state index contributed by atoms with van der Waals surface area (Å²) in [5.41, 5.74) is 0.250. The lowest BCUT2D eigenvalue weighted by Gasteiger charge is -2.20. The highest BCUT2D eigenvalue weighted by Crippen LogP contribution is 2.30. The van der Waals surface area contributed by atoms with Gasteiger partial charge in [-0.1, -0.05) is 13.8 Å². The third kappa shape index (κ3) is 2.63. The molecule has 1 aromatic carbocycles. The van der Waals surface area contributed by atoms with Crippen molar-refractivity contribution in [2.75, 3.05) is 13.1 Å². The second kappa shape index (κ2) is 4.33. The Labute approximate surface area is 106 Å². The average molecular weight is 253 g/mol. The highest BCUT2D eigenvalue weighted by atomic mass is 32.1. The van der Waals surface area contributed by atoms with Crippen molar-refractivity contribution in [1.82, 2.24) is 4.90 Å². The van der Waals surface area contributed by atoms with E-state index in [-0.39, 0.29) is 16.9 Å². The maximum absolute atomic E-state index is 13.6. The molecule has 0 atom stereocenters. The van der Waals surface area contributed by atoms with Gasteiger partial charge in [-0.15, -0.1) is 12.6 Å². The molecule has 0 spiro atoms. The molecule has 1 heterocycles. The molecule has 1 aromatic rings. The first-order valence-corrected chi connectivity index (χ1v) is 6.12. The third-order valence-electron chi connectivity index (χ3n) is 3.14. The first-order chi connectivity index (χ1) is 7.89. The fourth-order valence-electron chi connectivity index (χ4n) is 2.13. The maximum atomic E-state index is 13.6. The zero-order valence-corrected chi connectivity index (χ0v) is 10.9. The molecule has 1 fully saturated rings. The van der Waals surface area contributed by atoms with Crippen LogP contribution >= 0.6 is 12.6 Å². The van der Waals surface area contributed by atoms with Gasteiger partial charge in [-0.2, -0.15) is 0 Å². The fraction of sp³-hybridized carbons (Fsp3) is 0.462. The van der Waals surface area contributed by atoms with Crippen LogP contribution in [0.3, 0.4) is 0 Å². The molecule has 1 aliphatic heterocycles.